The van der Waals surface area contributed by atoms with Gasteiger partial charge in [0.1, 0.15) is 12.1 Å². The number of Topliss-reactive ketones (excluding diaryl/α,β-unsaturated/α-hetero) is 1. The zero-order valence-electron chi connectivity index (χ0n) is 16.6. The van der Waals surface area contributed by atoms with Crippen LogP contribution >= 0.6 is 0 Å². The largest absolute Gasteiger partial charge is 0.481 e. The summed E-state index contributed by atoms with van der Waals surface area (Å²) in [6.45, 7) is 8.02. The summed E-state index contributed by atoms with van der Waals surface area (Å²) >= 11 is 0. The van der Waals surface area contributed by atoms with Gasteiger partial charge in [0, 0.05) is 13.3 Å². The Morgan fingerprint density at radius 1 is 0.852 bits per heavy atom. The normalized spacial score (nSPS) is 14.0. The van der Waals surface area contributed by atoms with Crippen molar-refractivity contribution < 1.29 is 29.1 Å². The van der Waals surface area contributed by atoms with Crippen molar-refractivity contribution in [2.75, 3.05) is 0 Å². The van der Waals surface area contributed by atoms with Crippen LogP contribution in [-0.2, 0) is 24.0 Å². The minimum Gasteiger partial charge on any atom is -0.481 e. The van der Waals surface area contributed by atoms with Gasteiger partial charge in [0.25, 0.3) is 0 Å². The van der Waals surface area contributed by atoms with Crippen LogP contribution in [-0.4, -0.2) is 52.7 Å². The van der Waals surface area contributed by atoms with Gasteiger partial charge in [-0.25, -0.2) is 0 Å². The van der Waals surface area contributed by atoms with Crippen LogP contribution in [0.4, 0.5) is 0 Å². The zero-order valence-corrected chi connectivity index (χ0v) is 16.6. The van der Waals surface area contributed by atoms with Gasteiger partial charge < -0.3 is 21.1 Å². The maximum atomic E-state index is 12.6. The van der Waals surface area contributed by atoms with Crippen LogP contribution in [0.5, 0.6) is 0 Å². The maximum Gasteiger partial charge on any atom is 0.303 e. The molecule has 0 aliphatic rings. The van der Waals surface area contributed by atoms with E-state index in [1.807, 2.05) is 6.92 Å². The number of nitrogens with one attached hydrogen (secondary N) is 3. The first kappa shape index (κ1) is 24.6. The number of hydrogen-bond acceptors (Lipinski definition) is 5. The average molecular weight is 385 g/mol. The van der Waals surface area contributed by atoms with Gasteiger partial charge in [0.2, 0.25) is 17.7 Å². The van der Waals surface area contributed by atoms with Crippen LogP contribution in [0.1, 0.15) is 60.3 Å². The standard InChI is InChI=1S/C18H31N3O6/c1-6-7-13(19-12(5)23)17(26)20-14(8-9-15(24)25)18(27)21-16(10(2)3)11(4)22/h10,13-14,16H,6-9H2,1-5H3,(H,19,23)(H,20,26)(H,21,27)(H,24,25)/t13-,14-,16?/m0/s1. The summed E-state index contributed by atoms with van der Waals surface area (Å²) in [6.07, 6.45) is 0.544. The van der Waals surface area contributed by atoms with Crippen LogP contribution in [0.3, 0.4) is 0 Å². The maximum absolute atomic E-state index is 12.6. The number of carbonyl (C=O) groups is 5. The van der Waals surface area contributed by atoms with Crippen molar-refractivity contribution in [3.8, 4) is 0 Å². The summed E-state index contributed by atoms with van der Waals surface area (Å²) in [7, 11) is 0. The molecule has 27 heavy (non-hydrogen) atoms. The summed E-state index contributed by atoms with van der Waals surface area (Å²) in [6, 6.07) is -2.67. The molecule has 0 aromatic rings. The molecular weight excluding hydrogens is 354 g/mol. The van der Waals surface area contributed by atoms with Gasteiger partial charge in [-0.15, -0.1) is 0 Å². The summed E-state index contributed by atoms with van der Waals surface area (Å²) in [5, 5.41) is 16.5. The van der Waals surface area contributed by atoms with E-state index in [0.29, 0.717) is 12.8 Å². The smallest absolute Gasteiger partial charge is 0.303 e. The molecule has 3 atom stereocenters. The lowest BCUT2D eigenvalue weighted by Crippen LogP contribution is -2.56. The molecule has 1 unspecified atom stereocenters. The van der Waals surface area contributed by atoms with E-state index in [9.17, 15) is 24.0 Å². The highest BCUT2D eigenvalue weighted by atomic mass is 16.4. The van der Waals surface area contributed by atoms with Gasteiger partial charge in [-0.2, -0.15) is 0 Å². The van der Waals surface area contributed by atoms with Crippen LogP contribution in [0.25, 0.3) is 0 Å². The van der Waals surface area contributed by atoms with Crippen molar-refractivity contribution in [1.82, 2.24) is 16.0 Å². The number of aliphatic carboxylic acids is 1. The first-order valence-electron chi connectivity index (χ1n) is 9.09. The lowest BCUT2D eigenvalue weighted by atomic mass is 9.99. The summed E-state index contributed by atoms with van der Waals surface area (Å²) in [5.74, 6) is -3.08. The van der Waals surface area contributed by atoms with E-state index < -0.39 is 35.9 Å². The lowest BCUT2D eigenvalue weighted by Gasteiger charge is -2.25. The van der Waals surface area contributed by atoms with Gasteiger partial charge >= 0.3 is 5.97 Å². The summed E-state index contributed by atoms with van der Waals surface area (Å²) < 4.78 is 0. The quantitative estimate of drug-likeness (QED) is 0.382. The highest BCUT2D eigenvalue weighted by molar-refractivity contribution is 5.94. The van der Waals surface area contributed by atoms with Gasteiger partial charge in [0.15, 0.2) is 5.78 Å². The van der Waals surface area contributed by atoms with Crippen molar-refractivity contribution >= 4 is 29.5 Å². The van der Waals surface area contributed by atoms with Crippen molar-refractivity contribution in [2.45, 2.75) is 78.4 Å². The minimum absolute atomic E-state index is 0.130. The number of carboxylic acids is 1. The topological polar surface area (TPSA) is 142 Å². The molecule has 0 rings (SSSR count). The Kier molecular flexibility index (Phi) is 10.9. The second-order valence-electron chi connectivity index (χ2n) is 6.88. The van der Waals surface area contributed by atoms with Crippen molar-refractivity contribution in [3.63, 3.8) is 0 Å². The minimum atomic E-state index is -1.12. The van der Waals surface area contributed by atoms with E-state index >= 15 is 0 Å². The molecule has 0 fully saturated rings. The van der Waals surface area contributed by atoms with Gasteiger partial charge in [0.05, 0.1) is 6.04 Å². The number of rotatable bonds is 12. The molecule has 0 spiro atoms. The molecular formula is C18H31N3O6. The Morgan fingerprint density at radius 3 is 1.78 bits per heavy atom. The molecule has 9 nitrogen and oxygen atoms in total. The number of carbonyl (C=O) groups excluding carboxylic acids is 4. The van der Waals surface area contributed by atoms with E-state index in [-0.39, 0.29) is 30.4 Å². The molecule has 0 aliphatic heterocycles. The molecule has 0 aromatic carbocycles. The Bertz CT molecular complexity index is 561. The van der Waals surface area contributed by atoms with Crippen LogP contribution in [0, 0.1) is 5.92 Å². The Hall–Kier alpha value is -2.45. The lowest BCUT2D eigenvalue weighted by molar-refractivity contribution is -0.138. The predicted molar refractivity (Wildman–Crippen MR) is 98.8 cm³/mol. The van der Waals surface area contributed by atoms with Gasteiger partial charge in [-0.3, -0.25) is 24.0 Å². The molecule has 0 aromatic heterocycles. The highest BCUT2D eigenvalue weighted by Crippen LogP contribution is 2.07. The molecule has 4 N–H and O–H groups in total. The third kappa shape index (κ3) is 9.72. The second-order valence-corrected chi connectivity index (χ2v) is 6.88. The molecule has 154 valence electrons. The fourth-order valence-corrected chi connectivity index (χ4v) is 2.60. The molecule has 3 amide bonds. The molecule has 0 radical (unpaired) electrons. The molecule has 0 saturated carbocycles. The molecule has 0 heterocycles. The van der Waals surface area contributed by atoms with E-state index in [2.05, 4.69) is 16.0 Å². The van der Waals surface area contributed by atoms with E-state index in [1.54, 1.807) is 13.8 Å². The van der Waals surface area contributed by atoms with Gasteiger partial charge in [-0.05, 0) is 25.7 Å². The fourth-order valence-electron chi connectivity index (χ4n) is 2.60. The predicted octanol–water partition coefficient (Wildman–Crippen LogP) is 0.371. The zero-order chi connectivity index (χ0) is 21.1. The summed E-state index contributed by atoms with van der Waals surface area (Å²) in [5.41, 5.74) is 0. The van der Waals surface area contributed by atoms with E-state index in [1.165, 1.54) is 13.8 Å². The Labute approximate surface area is 159 Å². The third-order valence-corrected chi connectivity index (χ3v) is 3.95. The molecule has 0 bridgehead atoms. The number of hydrogen-bond donors (Lipinski definition) is 4. The van der Waals surface area contributed by atoms with Crippen molar-refractivity contribution in [3.05, 3.63) is 0 Å². The third-order valence-electron chi connectivity index (χ3n) is 3.95. The molecule has 0 aliphatic carbocycles. The van der Waals surface area contributed by atoms with E-state index in [4.69, 9.17) is 5.11 Å². The van der Waals surface area contributed by atoms with Gasteiger partial charge in [-0.1, -0.05) is 27.2 Å². The van der Waals surface area contributed by atoms with Crippen LogP contribution in [0.2, 0.25) is 0 Å². The Balaban J connectivity index is 5.28. The van der Waals surface area contributed by atoms with Crippen LogP contribution < -0.4 is 16.0 Å². The van der Waals surface area contributed by atoms with E-state index in [0.717, 1.165) is 0 Å². The molecule has 0 saturated heterocycles. The Morgan fingerprint density at radius 2 is 1.37 bits per heavy atom. The van der Waals surface area contributed by atoms with Crippen molar-refractivity contribution in [1.29, 1.82) is 0 Å². The monoisotopic (exact) mass is 385 g/mol. The SMILES string of the molecule is CCC[C@H](NC(C)=O)C(=O)N[C@@H](CCC(=O)O)C(=O)NC(C(C)=O)C(C)C. The highest BCUT2D eigenvalue weighted by Gasteiger charge is 2.29. The first-order valence-corrected chi connectivity index (χ1v) is 9.09. The van der Waals surface area contributed by atoms with Crippen molar-refractivity contribution in [2.24, 2.45) is 5.92 Å². The fraction of sp³-hybridized carbons (Fsp3) is 0.722. The first-order chi connectivity index (χ1) is 12.5. The second kappa shape index (κ2) is 12.0. The number of carboxylic acid groups (broad SMARTS) is 1. The number of ketones is 1. The summed E-state index contributed by atoms with van der Waals surface area (Å²) in [4.78, 5) is 58.9. The number of amides is 3. The molecule has 9 heteroatoms. The van der Waals surface area contributed by atoms with Crippen LogP contribution in [0.15, 0.2) is 0 Å². The average Bonchev–Trinajstić information content (AvgIpc) is 2.54.